The summed E-state index contributed by atoms with van der Waals surface area (Å²) in [7, 11) is 0. The quantitative estimate of drug-likeness (QED) is 0.289. The standard InChI is InChI=1S/C31H35NO4/c1-3-16-32-30(34)25-18-21(4-2)28-26(29(25)31(32)35)19-36-27(28)15-12-23(22-8-6-5-7-9-22)17-20-10-13-24(33)14-11-20/h5-11,13-14,17,25-27,29,33H,3-4,12,15-16,18-19H2,1-2H3/b23-17-/t25-,26+,27-,29-/m1/s1. The molecule has 1 aliphatic carbocycles. The fourth-order valence-electron chi connectivity index (χ4n) is 6.33. The van der Waals surface area contributed by atoms with Gasteiger partial charge in [0, 0.05) is 12.5 Å². The molecule has 36 heavy (non-hydrogen) atoms. The third kappa shape index (κ3) is 4.53. The summed E-state index contributed by atoms with van der Waals surface area (Å²) in [5, 5.41) is 9.67. The van der Waals surface area contributed by atoms with Crippen LogP contribution in [0.2, 0.25) is 0 Å². The molecule has 2 aromatic rings. The largest absolute Gasteiger partial charge is 0.508 e. The van der Waals surface area contributed by atoms with Gasteiger partial charge in [0.25, 0.3) is 0 Å². The zero-order valence-electron chi connectivity index (χ0n) is 21.2. The number of phenols is 1. The van der Waals surface area contributed by atoms with E-state index in [0.29, 0.717) is 19.6 Å². The first kappa shape index (κ1) is 24.5. The van der Waals surface area contributed by atoms with Crippen molar-refractivity contribution < 1.29 is 19.4 Å². The van der Waals surface area contributed by atoms with Crippen LogP contribution in [0.15, 0.2) is 65.7 Å². The van der Waals surface area contributed by atoms with Gasteiger partial charge in [-0.1, -0.05) is 68.0 Å². The van der Waals surface area contributed by atoms with E-state index < -0.39 is 0 Å². The molecule has 2 aromatic carbocycles. The molecule has 0 unspecified atom stereocenters. The number of hydrogen-bond donors (Lipinski definition) is 1. The molecule has 2 heterocycles. The molecule has 5 heteroatoms. The topological polar surface area (TPSA) is 66.8 Å². The molecule has 5 nitrogen and oxygen atoms in total. The average Bonchev–Trinajstić information content (AvgIpc) is 3.42. The van der Waals surface area contributed by atoms with E-state index in [-0.39, 0.29) is 41.4 Å². The summed E-state index contributed by atoms with van der Waals surface area (Å²) in [4.78, 5) is 27.8. The lowest BCUT2D eigenvalue weighted by atomic mass is 9.69. The molecular formula is C31H35NO4. The van der Waals surface area contributed by atoms with E-state index in [1.54, 1.807) is 12.1 Å². The fraction of sp³-hybridized carbons (Fsp3) is 0.419. The number of rotatable bonds is 8. The van der Waals surface area contributed by atoms with Gasteiger partial charge in [-0.3, -0.25) is 14.5 Å². The highest BCUT2D eigenvalue weighted by Gasteiger charge is 2.56. The van der Waals surface area contributed by atoms with Gasteiger partial charge in [0.1, 0.15) is 5.75 Å². The summed E-state index contributed by atoms with van der Waals surface area (Å²) in [5.74, 6) is -0.187. The normalized spacial score (nSPS) is 25.9. The van der Waals surface area contributed by atoms with Crippen LogP contribution >= 0.6 is 0 Å². The van der Waals surface area contributed by atoms with E-state index in [1.165, 1.54) is 27.2 Å². The zero-order valence-corrected chi connectivity index (χ0v) is 21.2. The van der Waals surface area contributed by atoms with Crippen LogP contribution < -0.4 is 0 Å². The van der Waals surface area contributed by atoms with Crippen LogP contribution in [0.5, 0.6) is 5.75 Å². The Morgan fingerprint density at radius 3 is 2.47 bits per heavy atom. The van der Waals surface area contributed by atoms with Gasteiger partial charge >= 0.3 is 0 Å². The number of imide groups is 1. The molecule has 2 saturated heterocycles. The minimum Gasteiger partial charge on any atom is -0.508 e. The molecule has 0 saturated carbocycles. The van der Waals surface area contributed by atoms with Crippen LogP contribution in [0.1, 0.15) is 57.1 Å². The van der Waals surface area contributed by atoms with Crippen molar-refractivity contribution in [2.75, 3.05) is 13.2 Å². The van der Waals surface area contributed by atoms with Crippen LogP contribution in [-0.2, 0) is 14.3 Å². The van der Waals surface area contributed by atoms with Crippen LogP contribution in [0.25, 0.3) is 11.6 Å². The van der Waals surface area contributed by atoms with Crippen LogP contribution in [0.3, 0.4) is 0 Å². The Morgan fingerprint density at radius 1 is 1.03 bits per heavy atom. The van der Waals surface area contributed by atoms with Crippen molar-refractivity contribution in [2.24, 2.45) is 17.8 Å². The molecule has 188 valence electrons. The Morgan fingerprint density at radius 2 is 1.78 bits per heavy atom. The minimum atomic E-state index is -0.263. The maximum atomic E-state index is 13.3. The fourth-order valence-corrected chi connectivity index (χ4v) is 6.33. The Bertz CT molecular complexity index is 1180. The minimum absolute atomic E-state index is 0.00551. The number of allylic oxidation sites excluding steroid dienone is 2. The number of nitrogens with zero attached hydrogens (tertiary/aromatic N) is 1. The molecule has 0 radical (unpaired) electrons. The predicted molar refractivity (Wildman–Crippen MR) is 141 cm³/mol. The summed E-state index contributed by atoms with van der Waals surface area (Å²) in [6.07, 6.45) is 6.16. The van der Waals surface area contributed by atoms with Gasteiger partial charge in [-0.05, 0) is 66.5 Å². The first-order valence-corrected chi connectivity index (χ1v) is 13.3. The van der Waals surface area contributed by atoms with Crippen molar-refractivity contribution in [1.29, 1.82) is 0 Å². The maximum Gasteiger partial charge on any atom is 0.233 e. The molecule has 5 rings (SSSR count). The number of phenolic OH excluding ortho intramolecular Hbond substituents is 1. The number of carbonyl (C=O) groups is 2. The number of amides is 2. The van der Waals surface area contributed by atoms with Gasteiger partial charge in [-0.15, -0.1) is 0 Å². The third-order valence-corrected chi connectivity index (χ3v) is 8.03. The van der Waals surface area contributed by atoms with Crippen molar-refractivity contribution in [3.05, 3.63) is 76.9 Å². The van der Waals surface area contributed by atoms with Gasteiger partial charge in [0.2, 0.25) is 11.8 Å². The smallest absolute Gasteiger partial charge is 0.233 e. The Balaban J connectivity index is 1.40. The summed E-state index contributed by atoms with van der Waals surface area (Å²) < 4.78 is 6.37. The number of hydrogen-bond acceptors (Lipinski definition) is 4. The summed E-state index contributed by atoms with van der Waals surface area (Å²) in [6.45, 7) is 5.20. The van der Waals surface area contributed by atoms with E-state index in [2.05, 4.69) is 25.1 Å². The number of likely N-dealkylation sites (tertiary alicyclic amines) is 1. The lowest BCUT2D eigenvalue weighted by Crippen LogP contribution is -2.34. The van der Waals surface area contributed by atoms with Crippen molar-refractivity contribution >= 4 is 23.5 Å². The van der Waals surface area contributed by atoms with Crippen molar-refractivity contribution in [3.8, 4) is 5.75 Å². The molecular weight excluding hydrogens is 450 g/mol. The highest BCUT2D eigenvalue weighted by atomic mass is 16.5. The molecule has 3 aliphatic rings. The van der Waals surface area contributed by atoms with Crippen molar-refractivity contribution in [1.82, 2.24) is 4.90 Å². The molecule has 2 fully saturated rings. The van der Waals surface area contributed by atoms with Gasteiger partial charge in [0.15, 0.2) is 0 Å². The lowest BCUT2D eigenvalue weighted by molar-refractivity contribution is -0.140. The van der Waals surface area contributed by atoms with Gasteiger partial charge in [-0.25, -0.2) is 0 Å². The number of ether oxygens (including phenoxy) is 1. The molecule has 2 aliphatic heterocycles. The number of fused-ring (bicyclic) bond motifs is 3. The van der Waals surface area contributed by atoms with Gasteiger partial charge in [-0.2, -0.15) is 0 Å². The second kappa shape index (κ2) is 10.4. The SMILES string of the molecule is CCCN1C(=O)[C@@H]2[C@@H](CC(CC)=C3[C@@H](CC/C(=C/c4ccc(O)cc4)c4ccccc4)OC[C@@H]32)C1=O. The van der Waals surface area contributed by atoms with E-state index in [9.17, 15) is 14.7 Å². The maximum absolute atomic E-state index is 13.3. The van der Waals surface area contributed by atoms with Crippen LogP contribution in [0, 0.1) is 17.8 Å². The second-order valence-electron chi connectivity index (χ2n) is 10.2. The third-order valence-electron chi connectivity index (χ3n) is 8.03. The van der Waals surface area contributed by atoms with E-state index in [4.69, 9.17) is 4.74 Å². The highest BCUT2D eigenvalue weighted by Crippen LogP contribution is 2.50. The van der Waals surface area contributed by atoms with Crippen LogP contribution in [0.4, 0.5) is 0 Å². The number of benzene rings is 2. The summed E-state index contributed by atoms with van der Waals surface area (Å²) in [6, 6.07) is 17.6. The Labute approximate surface area is 213 Å². The predicted octanol–water partition coefficient (Wildman–Crippen LogP) is 5.85. The molecule has 0 spiro atoms. The average molecular weight is 486 g/mol. The van der Waals surface area contributed by atoms with Crippen LogP contribution in [-0.4, -0.2) is 41.1 Å². The first-order valence-electron chi connectivity index (χ1n) is 13.3. The highest BCUT2D eigenvalue weighted by molar-refractivity contribution is 6.06. The number of carbonyl (C=O) groups excluding carboxylic acids is 2. The molecule has 1 N–H and O–H groups in total. The summed E-state index contributed by atoms with van der Waals surface area (Å²) >= 11 is 0. The summed E-state index contributed by atoms with van der Waals surface area (Å²) in [5.41, 5.74) is 6.02. The van der Waals surface area contributed by atoms with E-state index in [1.807, 2.05) is 37.3 Å². The molecule has 4 atom stereocenters. The molecule has 2 amide bonds. The van der Waals surface area contributed by atoms with Gasteiger partial charge in [0.05, 0.1) is 24.5 Å². The van der Waals surface area contributed by atoms with Crippen molar-refractivity contribution in [3.63, 3.8) is 0 Å². The lowest BCUT2D eigenvalue weighted by Gasteiger charge is -2.31. The van der Waals surface area contributed by atoms with Crippen molar-refractivity contribution in [2.45, 2.75) is 52.1 Å². The Hall–Kier alpha value is -3.18. The zero-order chi connectivity index (χ0) is 25.2. The molecule has 0 aromatic heterocycles. The van der Waals surface area contributed by atoms with E-state index >= 15 is 0 Å². The second-order valence-corrected chi connectivity index (χ2v) is 10.2. The Kier molecular flexibility index (Phi) is 7.10. The monoisotopic (exact) mass is 485 g/mol. The van der Waals surface area contributed by atoms with E-state index in [0.717, 1.165) is 31.2 Å². The number of aromatic hydroxyl groups is 1. The van der Waals surface area contributed by atoms with Gasteiger partial charge < -0.3 is 9.84 Å². The first-order chi connectivity index (χ1) is 17.5. The molecule has 0 bridgehead atoms.